The molecule has 0 unspecified atom stereocenters. The van der Waals surface area contributed by atoms with Gasteiger partial charge in [-0.25, -0.2) is 9.80 Å². The number of sulfonamides is 1. The Labute approximate surface area is 161 Å². The Hall–Kier alpha value is -3.24. The molecule has 28 heavy (non-hydrogen) atoms. The SMILES string of the molecule is COC(=O)c1ccc(O)c(/C=N/N(CCO)C2=NS(=O)(=O)c3ccccc32)c1. The van der Waals surface area contributed by atoms with Gasteiger partial charge in [-0.1, -0.05) is 12.1 Å². The molecule has 0 atom stereocenters. The van der Waals surface area contributed by atoms with E-state index >= 15 is 0 Å². The molecule has 0 saturated heterocycles. The lowest BCUT2D eigenvalue weighted by Crippen LogP contribution is -2.28. The molecule has 0 amide bonds. The van der Waals surface area contributed by atoms with E-state index in [1.807, 2.05) is 0 Å². The molecule has 0 radical (unpaired) electrons. The number of rotatable bonds is 5. The second-order valence-corrected chi connectivity index (χ2v) is 7.32. The van der Waals surface area contributed by atoms with Crippen molar-refractivity contribution in [1.82, 2.24) is 5.01 Å². The highest BCUT2D eigenvalue weighted by Gasteiger charge is 2.31. The number of ether oxygens (including phenoxy) is 1. The monoisotopic (exact) mass is 403 g/mol. The number of carbonyl (C=O) groups excluding carboxylic acids is 1. The molecule has 2 aromatic rings. The number of esters is 1. The van der Waals surface area contributed by atoms with Crippen molar-refractivity contribution in [1.29, 1.82) is 0 Å². The van der Waals surface area contributed by atoms with Gasteiger partial charge in [0, 0.05) is 11.1 Å². The van der Waals surface area contributed by atoms with Gasteiger partial charge in [-0.05, 0) is 30.3 Å². The second-order valence-electron chi connectivity index (χ2n) is 5.74. The van der Waals surface area contributed by atoms with E-state index in [1.54, 1.807) is 18.2 Å². The average Bonchev–Trinajstić information content (AvgIpc) is 2.97. The number of amidine groups is 1. The molecule has 1 aliphatic heterocycles. The van der Waals surface area contributed by atoms with Crippen molar-refractivity contribution in [3.05, 3.63) is 59.2 Å². The van der Waals surface area contributed by atoms with Gasteiger partial charge in [0.2, 0.25) is 0 Å². The molecule has 0 fully saturated rings. The van der Waals surface area contributed by atoms with Crippen molar-refractivity contribution in [2.24, 2.45) is 9.50 Å². The summed E-state index contributed by atoms with van der Waals surface area (Å²) < 4.78 is 32.9. The van der Waals surface area contributed by atoms with Crippen molar-refractivity contribution in [3.63, 3.8) is 0 Å². The number of hydrogen-bond donors (Lipinski definition) is 2. The Morgan fingerprint density at radius 2 is 2.04 bits per heavy atom. The van der Waals surface area contributed by atoms with Crippen molar-refractivity contribution in [3.8, 4) is 5.75 Å². The lowest BCUT2D eigenvalue weighted by molar-refractivity contribution is 0.0600. The number of aliphatic hydroxyl groups excluding tert-OH is 1. The smallest absolute Gasteiger partial charge is 0.337 e. The summed E-state index contributed by atoms with van der Waals surface area (Å²) in [6.07, 6.45) is 1.24. The average molecular weight is 403 g/mol. The van der Waals surface area contributed by atoms with E-state index in [0.29, 0.717) is 5.56 Å². The zero-order valence-corrected chi connectivity index (χ0v) is 15.6. The van der Waals surface area contributed by atoms with Gasteiger partial charge < -0.3 is 14.9 Å². The van der Waals surface area contributed by atoms with Gasteiger partial charge >= 0.3 is 5.97 Å². The van der Waals surface area contributed by atoms with E-state index < -0.39 is 16.0 Å². The van der Waals surface area contributed by atoms with Gasteiger partial charge in [0.1, 0.15) is 10.6 Å². The van der Waals surface area contributed by atoms with Gasteiger partial charge in [-0.15, -0.1) is 4.40 Å². The maximum absolute atomic E-state index is 12.2. The van der Waals surface area contributed by atoms with Crippen LogP contribution in [0.4, 0.5) is 0 Å². The number of aliphatic hydroxyl groups is 1. The van der Waals surface area contributed by atoms with Gasteiger partial charge in [-0.2, -0.15) is 13.5 Å². The number of methoxy groups -OCH3 is 1. The number of phenols is 1. The predicted molar refractivity (Wildman–Crippen MR) is 101 cm³/mol. The minimum atomic E-state index is -3.85. The largest absolute Gasteiger partial charge is 0.507 e. The maximum Gasteiger partial charge on any atom is 0.337 e. The topological polar surface area (TPSA) is 129 Å². The van der Waals surface area contributed by atoms with Crippen molar-refractivity contribution < 1.29 is 28.2 Å². The quantitative estimate of drug-likeness (QED) is 0.432. The molecule has 3 rings (SSSR count). The first-order chi connectivity index (χ1) is 13.4. The molecule has 2 aromatic carbocycles. The standard InChI is InChI=1S/C18H17N3O6S/c1-27-18(24)12-6-7-15(23)13(10-12)11-19-21(8-9-22)17-14-4-2-3-5-16(14)28(25,26)20-17/h2-7,10-11,22-23H,8-9H2,1H3/b19-11+. The molecule has 10 heteroatoms. The Kier molecular flexibility index (Phi) is 5.43. The van der Waals surface area contributed by atoms with Crippen LogP contribution in [-0.2, 0) is 14.8 Å². The molecule has 0 aliphatic carbocycles. The van der Waals surface area contributed by atoms with Crippen LogP contribution in [0.2, 0.25) is 0 Å². The van der Waals surface area contributed by atoms with Crippen LogP contribution < -0.4 is 0 Å². The van der Waals surface area contributed by atoms with E-state index in [1.165, 1.54) is 42.6 Å². The summed E-state index contributed by atoms with van der Waals surface area (Å²) in [5, 5.41) is 24.7. The number of fused-ring (bicyclic) bond motifs is 1. The van der Waals surface area contributed by atoms with E-state index in [9.17, 15) is 23.4 Å². The van der Waals surface area contributed by atoms with Crippen LogP contribution in [0.3, 0.4) is 0 Å². The lowest BCUT2D eigenvalue weighted by atomic mass is 10.1. The molecule has 1 aliphatic rings. The first-order valence-corrected chi connectivity index (χ1v) is 9.59. The van der Waals surface area contributed by atoms with Gasteiger partial charge in [0.15, 0.2) is 5.84 Å². The van der Waals surface area contributed by atoms with Crippen molar-refractivity contribution in [2.75, 3.05) is 20.3 Å². The first kappa shape index (κ1) is 19.5. The number of hydrazone groups is 1. The van der Waals surface area contributed by atoms with Crippen LogP contribution >= 0.6 is 0 Å². The highest BCUT2D eigenvalue weighted by Crippen LogP contribution is 2.27. The van der Waals surface area contributed by atoms with Crippen LogP contribution in [0.1, 0.15) is 21.5 Å². The maximum atomic E-state index is 12.2. The Bertz CT molecular complexity index is 1080. The van der Waals surface area contributed by atoms with Crippen LogP contribution in [0.15, 0.2) is 56.9 Å². The Morgan fingerprint density at radius 1 is 1.29 bits per heavy atom. The summed E-state index contributed by atoms with van der Waals surface area (Å²) >= 11 is 0. The van der Waals surface area contributed by atoms with Gasteiger partial charge in [0.25, 0.3) is 10.0 Å². The zero-order chi connectivity index (χ0) is 20.3. The lowest BCUT2D eigenvalue weighted by Gasteiger charge is -2.17. The summed E-state index contributed by atoms with van der Waals surface area (Å²) in [5.41, 5.74) is 0.780. The van der Waals surface area contributed by atoms with E-state index in [2.05, 4.69) is 14.2 Å². The first-order valence-electron chi connectivity index (χ1n) is 8.15. The second kappa shape index (κ2) is 7.79. The third-order valence-electron chi connectivity index (χ3n) is 3.95. The number of hydrogen-bond acceptors (Lipinski definition) is 8. The number of nitrogens with zero attached hydrogens (tertiary/aromatic N) is 3. The molecular weight excluding hydrogens is 386 g/mol. The minimum absolute atomic E-state index is 0.0311. The predicted octanol–water partition coefficient (Wildman–Crippen LogP) is 0.956. The third kappa shape index (κ3) is 3.73. The van der Waals surface area contributed by atoms with Crippen LogP contribution in [0, 0.1) is 0 Å². The summed E-state index contributed by atoms with van der Waals surface area (Å²) in [7, 11) is -2.61. The minimum Gasteiger partial charge on any atom is -0.507 e. The molecule has 0 spiro atoms. The molecule has 146 valence electrons. The molecule has 0 saturated carbocycles. The highest BCUT2D eigenvalue weighted by molar-refractivity contribution is 7.90. The third-order valence-corrected chi connectivity index (χ3v) is 5.28. The fourth-order valence-corrected chi connectivity index (χ4v) is 3.83. The molecule has 2 N–H and O–H groups in total. The fraction of sp³-hybridized carbons (Fsp3) is 0.167. The molecule has 0 bridgehead atoms. The number of phenolic OH excluding ortho intramolecular Hbond substituents is 1. The van der Waals surface area contributed by atoms with E-state index in [0.717, 1.165) is 0 Å². The number of aromatic hydroxyl groups is 1. The fourth-order valence-electron chi connectivity index (χ4n) is 2.62. The number of benzene rings is 2. The zero-order valence-electron chi connectivity index (χ0n) is 14.8. The Balaban J connectivity index is 1.99. The van der Waals surface area contributed by atoms with E-state index in [-0.39, 0.29) is 40.8 Å². The highest BCUT2D eigenvalue weighted by atomic mass is 32.2. The summed E-state index contributed by atoms with van der Waals surface area (Å²) in [6.45, 7) is -0.344. The summed E-state index contributed by atoms with van der Waals surface area (Å²) in [6, 6.07) is 10.4. The number of carbonyl (C=O) groups is 1. The molecule has 0 aromatic heterocycles. The van der Waals surface area contributed by atoms with Gasteiger partial charge in [0.05, 0.1) is 32.0 Å². The van der Waals surface area contributed by atoms with Crippen LogP contribution in [0.5, 0.6) is 5.75 Å². The van der Waals surface area contributed by atoms with Crippen molar-refractivity contribution >= 4 is 28.0 Å². The van der Waals surface area contributed by atoms with Gasteiger partial charge in [-0.3, -0.25) is 0 Å². The molecular formula is C18H17N3O6S. The van der Waals surface area contributed by atoms with Crippen LogP contribution in [-0.4, -0.2) is 61.9 Å². The van der Waals surface area contributed by atoms with Crippen LogP contribution in [0.25, 0.3) is 0 Å². The molecule has 9 nitrogen and oxygen atoms in total. The van der Waals surface area contributed by atoms with Crippen molar-refractivity contribution in [2.45, 2.75) is 4.90 Å². The summed E-state index contributed by atoms with van der Waals surface area (Å²) in [5.74, 6) is -0.659. The molecule has 1 heterocycles. The van der Waals surface area contributed by atoms with E-state index in [4.69, 9.17) is 0 Å². The normalized spacial score (nSPS) is 14.6. The Morgan fingerprint density at radius 3 is 2.75 bits per heavy atom. The summed E-state index contributed by atoms with van der Waals surface area (Å²) in [4.78, 5) is 11.7.